The smallest absolute Gasteiger partial charge is 0.313 e. The number of esters is 1. The van der Waals surface area contributed by atoms with E-state index in [4.69, 9.17) is 4.74 Å². The van der Waals surface area contributed by atoms with Gasteiger partial charge in [0.25, 0.3) is 0 Å². The minimum atomic E-state index is -0.650. The minimum absolute atomic E-state index is 0.00452. The van der Waals surface area contributed by atoms with Crippen molar-refractivity contribution in [1.82, 2.24) is 0 Å². The van der Waals surface area contributed by atoms with Crippen LogP contribution in [-0.4, -0.2) is 18.9 Å². The van der Waals surface area contributed by atoms with Gasteiger partial charge in [-0.2, -0.15) is 0 Å². The molecule has 5 nitrogen and oxygen atoms in total. The third-order valence-electron chi connectivity index (χ3n) is 3.37. The molecule has 0 amide bonds. The molecule has 0 radical (unpaired) electrons. The number of hydrogen-bond donors (Lipinski definition) is 0. The zero-order valence-electron chi connectivity index (χ0n) is 12.1. The van der Waals surface area contributed by atoms with Crippen LogP contribution in [0.5, 0.6) is 0 Å². The number of ketones is 1. The van der Waals surface area contributed by atoms with Crippen molar-refractivity contribution in [3.8, 4) is 0 Å². The molecule has 0 spiro atoms. The highest BCUT2D eigenvalue weighted by atomic mass is 16.5. The summed E-state index contributed by atoms with van der Waals surface area (Å²) in [5, 5.41) is 2.79. The molecule has 0 aliphatic carbocycles. The van der Waals surface area contributed by atoms with Crippen molar-refractivity contribution < 1.29 is 14.3 Å². The first-order chi connectivity index (χ1) is 10.7. The van der Waals surface area contributed by atoms with Crippen molar-refractivity contribution in [3.63, 3.8) is 0 Å². The highest BCUT2D eigenvalue weighted by Crippen LogP contribution is 2.24. The van der Waals surface area contributed by atoms with Crippen LogP contribution in [0.15, 0.2) is 59.8 Å². The van der Waals surface area contributed by atoms with Gasteiger partial charge in [-0.15, -0.1) is 4.91 Å². The van der Waals surface area contributed by atoms with Gasteiger partial charge in [0.1, 0.15) is 5.69 Å². The molecule has 0 fully saturated rings. The standard InChI is InChI=1S/C17H15NO4/c1-22-17(20)15(12-5-3-2-4-6-12)11-16(19)13-7-9-14(18-21)10-8-13/h2-10,15H,11H2,1H3. The number of hydrogen-bond acceptors (Lipinski definition) is 5. The highest BCUT2D eigenvalue weighted by Gasteiger charge is 2.25. The summed E-state index contributed by atoms with van der Waals surface area (Å²) in [6.07, 6.45) is 0.00452. The number of carbonyl (C=O) groups excluding carboxylic acids is 2. The average Bonchev–Trinajstić information content (AvgIpc) is 2.59. The number of Topliss-reactive ketones (excluding diaryl/α,β-unsaturated/α-hetero) is 1. The summed E-state index contributed by atoms with van der Waals surface area (Å²) in [6, 6.07) is 15.0. The first kappa shape index (κ1) is 15.6. The maximum Gasteiger partial charge on any atom is 0.313 e. The normalized spacial score (nSPS) is 11.5. The summed E-state index contributed by atoms with van der Waals surface area (Å²) in [5.74, 6) is -1.30. The van der Waals surface area contributed by atoms with Gasteiger partial charge in [-0.05, 0) is 35.0 Å². The fourth-order valence-electron chi connectivity index (χ4n) is 2.18. The van der Waals surface area contributed by atoms with Crippen LogP contribution in [0.4, 0.5) is 5.69 Å². The van der Waals surface area contributed by atoms with E-state index in [0.717, 1.165) is 5.56 Å². The Morgan fingerprint density at radius 3 is 2.23 bits per heavy atom. The van der Waals surface area contributed by atoms with E-state index in [1.807, 2.05) is 6.07 Å². The largest absolute Gasteiger partial charge is 0.469 e. The number of ether oxygens (including phenoxy) is 1. The summed E-state index contributed by atoms with van der Waals surface area (Å²) in [4.78, 5) is 34.7. The van der Waals surface area contributed by atoms with E-state index in [-0.39, 0.29) is 17.9 Å². The van der Waals surface area contributed by atoms with Gasteiger partial charge >= 0.3 is 5.97 Å². The lowest BCUT2D eigenvalue weighted by Crippen LogP contribution is -2.18. The summed E-state index contributed by atoms with van der Waals surface area (Å²) >= 11 is 0. The number of rotatable bonds is 6. The van der Waals surface area contributed by atoms with E-state index in [0.29, 0.717) is 5.56 Å². The second-order valence-corrected chi connectivity index (χ2v) is 4.75. The van der Waals surface area contributed by atoms with Gasteiger partial charge in [-0.3, -0.25) is 9.59 Å². The molecule has 0 N–H and O–H groups in total. The Labute approximate surface area is 127 Å². The lowest BCUT2D eigenvalue weighted by molar-refractivity contribution is -0.142. The summed E-state index contributed by atoms with van der Waals surface area (Å²) in [6.45, 7) is 0. The monoisotopic (exact) mass is 297 g/mol. The highest BCUT2D eigenvalue weighted by molar-refractivity contribution is 5.99. The molecule has 0 bridgehead atoms. The number of carbonyl (C=O) groups is 2. The van der Waals surface area contributed by atoms with Crippen LogP contribution in [0.3, 0.4) is 0 Å². The molecule has 2 aromatic rings. The Balaban J connectivity index is 2.21. The summed E-state index contributed by atoms with van der Waals surface area (Å²) in [5.41, 5.74) is 1.41. The van der Waals surface area contributed by atoms with Gasteiger partial charge in [-0.1, -0.05) is 30.3 Å². The summed E-state index contributed by atoms with van der Waals surface area (Å²) < 4.78 is 4.79. The van der Waals surface area contributed by atoms with Crippen LogP contribution < -0.4 is 0 Å². The van der Waals surface area contributed by atoms with E-state index in [1.165, 1.54) is 31.4 Å². The number of methoxy groups -OCH3 is 1. The van der Waals surface area contributed by atoms with E-state index in [9.17, 15) is 14.5 Å². The molecule has 1 atom stereocenters. The lowest BCUT2D eigenvalue weighted by Gasteiger charge is -2.14. The van der Waals surface area contributed by atoms with Crippen LogP contribution in [0.2, 0.25) is 0 Å². The van der Waals surface area contributed by atoms with Gasteiger partial charge in [0.2, 0.25) is 0 Å². The third kappa shape index (κ3) is 3.63. The molecule has 0 aliphatic heterocycles. The molecular formula is C17H15NO4. The molecular weight excluding hydrogens is 282 g/mol. The second kappa shape index (κ2) is 7.26. The number of benzene rings is 2. The van der Waals surface area contributed by atoms with E-state index in [2.05, 4.69) is 5.18 Å². The molecule has 2 rings (SSSR count). The van der Waals surface area contributed by atoms with Crippen LogP contribution >= 0.6 is 0 Å². The van der Waals surface area contributed by atoms with Crippen molar-refractivity contribution >= 4 is 17.4 Å². The molecule has 5 heteroatoms. The molecule has 0 saturated carbocycles. The van der Waals surface area contributed by atoms with Crippen molar-refractivity contribution in [2.45, 2.75) is 12.3 Å². The van der Waals surface area contributed by atoms with Gasteiger partial charge < -0.3 is 4.74 Å². The van der Waals surface area contributed by atoms with Gasteiger partial charge in [0.15, 0.2) is 5.78 Å². The third-order valence-corrected chi connectivity index (χ3v) is 3.37. The predicted octanol–water partition coefficient (Wildman–Crippen LogP) is 3.61. The van der Waals surface area contributed by atoms with Crippen LogP contribution in [0.1, 0.15) is 28.3 Å². The molecule has 22 heavy (non-hydrogen) atoms. The first-order valence-corrected chi connectivity index (χ1v) is 6.75. The maximum atomic E-state index is 12.3. The molecule has 0 heterocycles. The van der Waals surface area contributed by atoms with Crippen molar-refractivity contribution in [2.75, 3.05) is 7.11 Å². The van der Waals surface area contributed by atoms with Gasteiger partial charge in [0.05, 0.1) is 13.0 Å². The quantitative estimate of drug-likeness (QED) is 0.464. The van der Waals surface area contributed by atoms with Gasteiger partial charge in [-0.25, -0.2) is 0 Å². The van der Waals surface area contributed by atoms with Crippen LogP contribution in [0, 0.1) is 4.91 Å². The second-order valence-electron chi connectivity index (χ2n) is 4.75. The lowest BCUT2D eigenvalue weighted by atomic mass is 9.91. The Morgan fingerprint density at radius 1 is 1.05 bits per heavy atom. The van der Waals surface area contributed by atoms with Crippen molar-refractivity contribution in [2.24, 2.45) is 5.18 Å². The average molecular weight is 297 g/mol. The zero-order valence-corrected chi connectivity index (χ0v) is 12.1. The Kier molecular flexibility index (Phi) is 5.14. The number of nitrogens with zero attached hydrogens (tertiary/aromatic N) is 1. The number of nitroso groups, excluding NO2 is 1. The molecule has 0 saturated heterocycles. The SMILES string of the molecule is COC(=O)C(CC(=O)c1ccc(N=O)cc1)c1ccccc1. The minimum Gasteiger partial charge on any atom is -0.469 e. The Hall–Kier alpha value is -2.82. The van der Waals surface area contributed by atoms with Gasteiger partial charge in [0, 0.05) is 12.0 Å². The summed E-state index contributed by atoms with van der Waals surface area (Å²) in [7, 11) is 1.30. The van der Waals surface area contributed by atoms with E-state index < -0.39 is 11.9 Å². The Bertz CT molecular complexity index is 665. The van der Waals surface area contributed by atoms with Crippen molar-refractivity contribution in [1.29, 1.82) is 0 Å². The van der Waals surface area contributed by atoms with Crippen LogP contribution in [-0.2, 0) is 9.53 Å². The van der Waals surface area contributed by atoms with E-state index in [1.54, 1.807) is 24.3 Å². The topological polar surface area (TPSA) is 72.8 Å². The molecule has 0 aliphatic rings. The Morgan fingerprint density at radius 2 is 1.68 bits per heavy atom. The zero-order chi connectivity index (χ0) is 15.9. The maximum absolute atomic E-state index is 12.3. The van der Waals surface area contributed by atoms with Crippen LogP contribution in [0.25, 0.3) is 0 Å². The first-order valence-electron chi connectivity index (χ1n) is 6.75. The molecule has 2 aromatic carbocycles. The molecule has 112 valence electrons. The predicted molar refractivity (Wildman–Crippen MR) is 82.0 cm³/mol. The fourth-order valence-corrected chi connectivity index (χ4v) is 2.18. The van der Waals surface area contributed by atoms with Crippen molar-refractivity contribution in [3.05, 3.63) is 70.6 Å². The fraction of sp³-hybridized carbons (Fsp3) is 0.176. The molecule has 1 unspecified atom stereocenters. The molecule has 0 aromatic heterocycles. The van der Waals surface area contributed by atoms with E-state index >= 15 is 0 Å².